The van der Waals surface area contributed by atoms with Gasteiger partial charge in [-0.3, -0.25) is 14.4 Å². The number of hydrogen-bond acceptors (Lipinski definition) is 3. The number of anilines is 1. The molecule has 0 unspecified atom stereocenters. The van der Waals surface area contributed by atoms with E-state index in [-0.39, 0.29) is 17.7 Å². The highest BCUT2D eigenvalue weighted by molar-refractivity contribution is 6.05. The minimum Gasteiger partial charge on any atom is -0.339 e. The van der Waals surface area contributed by atoms with Crippen LogP contribution in [0.1, 0.15) is 33.2 Å². The number of piperazine rings is 1. The highest BCUT2D eigenvalue weighted by Crippen LogP contribution is 2.16. The molecule has 0 saturated carbocycles. The second-order valence-electron chi connectivity index (χ2n) is 6.64. The van der Waals surface area contributed by atoms with Gasteiger partial charge in [-0.1, -0.05) is 18.2 Å². The van der Waals surface area contributed by atoms with E-state index in [2.05, 4.69) is 5.32 Å². The quantitative estimate of drug-likeness (QED) is 0.909. The molecule has 1 N–H and O–H groups in total. The van der Waals surface area contributed by atoms with E-state index in [4.69, 9.17) is 0 Å². The molecule has 1 fully saturated rings. The summed E-state index contributed by atoms with van der Waals surface area (Å²) in [5, 5.41) is 2.88. The van der Waals surface area contributed by atoms with Crippen LogP contribution in [0.25, 0.3) is 0 Å². The van der Waals surface area contributed by atoms with E-state index in [1.54, 1.807) is 34.1 Å². The number of rotatable bonds is 3. The van der Waals surface area contributed by atoms with Crippen molar-refractivity contribution >= 4 is 23.4 Å². The van der Waals surface area contributed by atoms with Crippen molar-refractivity contribution in [2.24, 2.45) is 0 Å². The molecule has 2 aromatic carbocycles. The van der Waals surface area contributed by atoms with Crippen LogP contribution in [0.5, 0.6) is 0 Å². The van der Waals surface area contributed by atoms with Crippen LogP contribution in [0.15, 0.2) is 48.5 Å². The number of nitrogens with zero attached hydrogens (tertiary/aromatic N) is 2. The lowest BCUT2D eigenvalue weighted by atomic mass is 10.1. The predicted molar refractivity (Wildman–Crippen MR) is 104 cm³/mol. The molecule has 6 nitrogen and oxygen atoms in total. The Morgan fingerprint density at radius 1 is 0.815 bits per heavy atom. The molecular formula is C21H23N3O3. The normalized spacial score (nSPS) is 14.0. The highest BCUT2D eigenvalue weighted by atomic mass is 16.2. The fourth-order valence-electron chi connectivity index (χ4n) is 3.08. The van der Waals surface area contributed by atoms with Crippen molar-refractivity contribution in [3.8, 4) is 0 Å². The van der Waals surface area contributed by atoms with Crippen LogP contribution in [0.3, 0.4) is 0 Å². The first kappa shape index (κ1) is 18.6. The second-order valence-corrected chi connectivity index (χ2v) is 6.64. The number of hydrogen-bond donors (Lipinski definition) is 1. The minimum absolute atomic E-state index is 0.0334. The molecular weight excluding hydrogens is 342 g/mol. The van der Waals surface area contributed by atoms with Crippen molar-refractivity contribution in [3.63, 3.8) is 0 Å². The van der Waals surface area contributed by atoms with E-state index in [1.165, 1.54) is 6.92 Å². The van der Waals surface area contributed by atoms with Gasteiger partial charge in [-0.05, 0) is 42.8 Å². The molecule has 1 saturated heterocycles. The number of benzene rings is 2. The molecule has 3 amide bonds. The van der Waals surface area contributed by atoms with Crippen LogP contribution < -0.4 is 5.32 Å². The molecule has 0 aliphatic carbocycles. The number of para-hydroxylation sites is 1. The molecule has 1 heterocycles. The Balaban J connectivity index is 1.63. The van der Waals surface area contributed by atoms with Gasteiger partial charge in [-0.15, -0.1) is 0 Å². The van der Waals surface area contributed by atoms with Gasteiger partial charge in [0.2, 0.25) is 5.91 Å². The summed E-state index contributed by atoms with van der Waals surface area (Å²) in [6, 6.07) is 14.2. The Kier molecular flexibility index (Phi) is 5.54. The minimum atomic E-state index is -0.210. The Morgan fingerprint density at radius 2 is 1.37 bits per heavy atom. The van der Waals surface area contributed by atoms with Crippen molar-refractivity contribution in [3.05, 3.63) is 65.2 Å². The highest BCUT2D eigenvalue weighted by Gasteiger charge is 2.23. The lowest BCUT2D eigenvalue weighted by Gasteiger charge is -2.34. The van der Waals surface area contributed by atoms with Gasteiger partial charge >= 0.3 is 0 Å². The molecule has 1 aliphatic rings. The molecule has 0 atom stereocenters. The SMILES string of the molecule is CC(=O)N1CCN(C(=O)c2ccc(C(=O)Nc3ccccc3C)cc2)CC1. The number of carbonyl (C=O) groups is 3. The average Bonchev–Trinajstić information content (AvgIpc) is 2.69. The Hall–Kier alpha value is -3.15. The van der Waals surface area contributed by atoms with Crippen LogP contribution in [0, 0.1) is 6.92 Å². The van der Waals surface area contributed by atoms with E-state index in [9.17, 15) is 14.4 Å². The summed E-state index contributed by atoms with van der Waals surface area (Å²) in [5.74, 6) is -0.256. The van der Waals surface area contributed by atoms with E-state index < -0.39 is 0 Å². The standard InChI is InChI=1S/C21H23N3O3/c1-15-5-3-4-6-19(15)22-20(26)17-7-9-18(10-8-17)21(27)24-13-11-23(12-14-24)16(2)25/h3-10H,11-14H2,1-2H3,(H,22,26). The summed E-state index contributed by atoms with van der Waals surface area (Å²) < 4.78 is 0. The van der Waals surface area contributed by atoms with E-state index in [0.717, 1.165) is 11.3 Å². The van der Waals surface area contributed by atoms with Gasteiger partial charge < -0.3 is 15.1 Å². The summed E-state index contributed by atoms with van der Waals surface area (Å²) in [4.78, 5) is 39.9. The molecule has 0 bridgehead atoms. The molecule has 2 aromatic rings. The molecule has 0 spiro atoms. The molecule has 0 radical (unpaired) electrons. The second kappa shape index (κ2) is 8.03. The van der Waals surface area contributed by atoms with Crippen molar-refractivity contribution in [2.45, 2.75) is 13.8 Å². The number of aryl methyl sites for hydroxylation is 1. The first-order valence-electron chi connectivity index (χ1n) is 8.97. The smallest absolute Gasteiger partial charge is 0.255 e. The third-order valence-corrected chi connectivity index (χ3v) is 4.80. The summed E-state index contributed by atoms with van der Waals surface area (Å²) in [6.45, 7) is 5.62. The van der Waals surface area contributed by atoms with E-state index in [1.807, 2.05) is 31.2 Å². The van der Waals surface area contributed by atoms with Crippen LogP contribution in [-0.4, -0.2) is 53.7 Å². The van der Waals surface area contributed by atoms with Gasteiger partial charge in [0.1, 0.15) is 0 Å². The van der Waals surface area contributed by atoms with Crippen molar-refractivity contribution in [2.75, 3.05) is 31.5 Å². The predicted octanol–water partition coefficient (Wildman–Crippen LogP) is 2.55. The summed E-state index contributed by atoms with van der Waals surface area (Å²) >= 11 is 0. The molecule has 140 valence electrons. The fourth-order valence-corrected chi connectivity index (χ4v) is 3.08. The third-order valence-electron chi connectivity index (χ3n) is 4.80. The summed E-state index contributed by atoms with van der Waals surface area (Å²) in [5.41, 5.74) is 2.79. The maximum Gasteiger partial charge on any atom is 0.255 e. The zero-order chi connectivity index (χ0) is 19.4. The Bertz CT molecular complexity index is 853. The monoisotopic (exact) mass is 365 g/mol. The zero-order valence-electron chi connectivity index (χ0n) is 15.6. The lowest BCUT2D eigenvalue weighted by molar-refractivity contribution is -0.130. The molecule has 0 aromatic heterocycles. The topological polar surface area (TPSA) is 69.7 Å². The van der Waals surface area contributed by atoms with Gasteiger partial charge in [0.15, 0.2) is 0 Å². The van der Waals surface area contributed by atoms with Crippen LogP contribution in [0.2, 0.25) is 0 Å². The maximum absolute atomic E-state index is 12.6. The van der Waals surface area contributed by atoms with Crippen LogP contribution >= 0.6 is 0 Å². The molecule has 3 rings (SSSR count). The number of nitrogens with one attached hydrogen (secondary N) is 1. The average molecular weight is 365 g/mol. The third kappa shape index (κ3) is 4.34. The molecule has 1 aliphatic heterocycles. The van der Waals surface area contributed by atoms with Crippen molar-refractivity contribution in [1.82, 2.24) is 9.80 Å². The van der Waals surface area contributed by atoms with Gasteiger partial charge in [0.25, 0.3) is 11.8 Å². The van der Waals surface area contributed by atoms with Gasteiger partial charge in [0.05, 0.1) is 0 Å². The number of carbonyl (C=O) groups excluding carboxylic acids is 3. The van der Waals surface area contributed by atoms with Gasteiger partial charge in [-0.25, -0.2) is 0 Å². The summed E-state index contributed by atoms with van der Waals surface area (Å²) in [6.07, 6.45) is 0. The largest absolute Gasteiger partial charge is 0.339 e. The Labute approximate surface area is 158 Å². The first-order chi connectivity index (χ1) is 13.0. The van der Waals surface area contributed by atoms with Gasteiger partial charge in [-0.2, -0.15) is 0 Å². The van der Waals surface area contributed by atoms with Crippen LogP contribution in [0.4, 0.5) is 5.69 Å². The summed E-state index contributed by atoms with van der Waals surface area (Å²) in [7, 11) is 0. The van der Waals surface area contributed by atoms with Crippen molar-refractivity contribution in [1.29, 1.82) is 0 Å². The van der Waals surface area contributed by atoms with E-state index in [0.29, 0.717) is 37.3 Å². The lowest BCUT2D eigenvalue weighted by Crippen LogP contribution is -2.50. The van der Waals surface area contributed by atoms with Crippen LogP contribution in [-0.2, 0) is 4.79 Å². The molecule has 27 heavy (non-hydrogen) atoms. The molecule has 6 heteroatoms. The first-order valence-corrected chi connectivity index (χ1v) is 8.97. The Morgan fingerprint density at radius 3 is 1.96 bits per heavy atom. The fraction of sp³-hybridized carbons (Fsp3) is 0.286. The van der Waals surface area contributed by atoms with Crippen molar-refractivity contribution < 1.29 is 14.4 Å². The van der Waals surface area contributed by atoms with E-state index >= 15 is 0 Å². The maximum atomic E-state index is 12.6. The number of amides is 3. The van der Waals surface area contributed by atoms with Gasteiger partial charge in [0, 0.05) is 49.9 Å². The zero-order valence-corrected chi connectivity index (χ0v) is 15.6.